The quantitative estimate of drug-likeness (QED) is 0.904. The molecular weight excluding hydrogens is 277 g/mol. The van der Waals surface area contributed by atoms with Gasteiger partial charge in [-0.3, -0.25) is 4.72 Å². The number of halogens is 1. The van der Waals surface area contributed by atoms with E-state index in [1.807, 2.05) is 0 Å². The molecule has 0 spiro atoms. The van der Waals surface area contributed by atoms with Gasteiger partial charge >= 0.3 is 0 Å². The Hall–Kier alpha value is -1.67. The summed E-state index contributed by atoms with van der Waals surface area (Å²) in [7, 11) is -3.86. The van der Waals surface area contributed by atoms with Gasteiger partial charge in [0.1, 0.15) is 5.82 Å². The van der Waals surface area contributed by atoms with Crippen LogP contribution in [0.25, 0.3) is 0 Å². The van der Waals surface area contributed by atoms with Crippen LogP contribution in [0.1, 0.15) is 5.69 Å². The van der Waals surface area contributed by atoms with Crippen LogP contribution >= 0.6 is 11.3 Å². The monoisotopic (exact) mass is 287 g/mol. The highest BCUT2D eigenvalue weighted by Gasteiger charge is 2.22. The number of nitrogen functional groups attached to an aromatic ring is 1. The van der Waals surface area contributed by atoms with Crippen LogP contribution in [0.2, 0.25) is 0 Å². The Labute approximate surface area is 108 Å². The van der Waals surface area contributed by atoms with Crippen LogP contribution in [0.3, 0.4) is 0 Å². The van der Waals surface area contributed by atoms with E-state index in [9.17, 15) is 12.8 Å². The van der Waals surface area contributed by atoms with Crippen LogP contribution in [0, 0.1) is 12.7 Å². The molecule has 96 valence electrons. The van der Waals surface area contributed by atoms with Gasteiger partial charge in [0.15, 0.2) is 9.34 Å². The van der Waals surface area contributed by atoms with Crippen molar-refractivity contribution in [1.82, 2.24) is 4.98 Å². The molecule has 1 aromatic heterocycles. The number of nitrogens with one attached hydrogen (secondary N) is 1. The van der Waals surface area contributed by atoms with E-state index < -0.39 is 15.8 Å². The largest absolute Gasteiger partial charge is 0.375 e. The van der Waals surface area contributed by atoms with E-state index in [0.717, 1.165) is 11.3 Å². The van der Waals surface area contributed by atoms with Gasteiger partial charge in [0.05, 0.1) is 11.4 Å². The zero-order valence-corrected chi connectivity index (χ0v) is 11.0. The third kappa shape index (κ3) is 2.44. The number of aromatic nitrogens is 1. The minimum absolute atomic E-state index is 0.0109. The maximum Gasteiger partial charge on any atom is 0.273 e. The highest BCUT2D eigenvalue weighted by molar-refractivity contribution is 7.94. The second-order valence-electron chi connectivity index (χ2n) is 3.51. The van der Waals surface area contributed by atoms with Crippen molar-refractivity contribution in [2.45, 2.75) is 11.1 Å². The fourth-order valence-electron chi connectivity index (χ4n) is 1.39. The number of sulfonamides is 1. The van der Waals surface area contributed by atoms with E-state index in [2.05, 4.69) is 9.71 Å². The van der Waals surface area contributed by atoms with Crippen molar-refractivity contribution in [1.29, 1.82) is 0 Å². The van der Waals surface area contributed by atoms with Gasteiger partial charge in [-0.25, -0.2) is 17.8 Å². The summed E-state index contributed by atoms with van der Waals surface area (Å²) < 4.78 is 39.6. The van der Waals surface area contributed by atoms with Crippen molar-refractivity contribution >= 4 is 32.2 Å². The number of rotatable bonds is 3. The first-order valence-electron chi connectivity index (χ1n) is 4.90. The molecule has 0 aliphatic rings. The molecule has 18 heavy (non-hydrogen) atoms. The van der Waals surface area contributed by atoms with E-state index in [1.54, 1.807) is 0 Å². The number of nitrogens with two attached hydrogens (primary N) is 1. The van der Waals surface area contributed by atoms with Crippen molar-refractivity contribution < 1.29 is 12.8 Å². The first-order valence-corrected chi connectivity index (χ1v) is 7.20. The Kier molecular flexibility index (Phi) is 3.22. The third-order valence-corrected chi connectivity index (χ3v) is 5.09. The molecule has 0 aliphatic heterocycles. The fourth-order valence-corrected chi connectivity index (χ4v) is 3.76. The SMILES string of the molecule is Cc1nc(N)sc1S(=O)(=O)Nc1ccccc1F. The fraction of sp³-hybridized carbons (Fsp3) is 0.100. The second-order valence-corrected chi connectivity index (χ2v) is 6.42. The summed E-state index contributed by atoms with van der Waals surface area (Å²) >= 11 is 0.840. The predicted molar refractivity (Wildman–Crippen MR) is 68.5 cm³/mol. The molecular formula is C10H10FN3O2S2. The van der Waals surface area contributed by atoms with Crippen LogP contribution in [0.5, 0.6) is 0 Å². The summed E-state index contributed by atoms with van der Waals surface area (Å²) in [5.41, 5.74) is 5.63. The smallest absolute Gasteiger partial charge is 0.273 e. The first kappa shape index (κ1) is 12.8. The normalized spacial score (nSPS) is 11.4. The highest BCUT2D eigenvalue weighted by atomic mass is 32.2. The summed E-state index contributed by atoms with van der Waals surface area (Å²) in [5, 5.41) is 0.154. The van der Waals surface area contributed by atoms with Gasteiger partial charge in [-0.15, -0.1) is 0 Å². The van der Waals surface area contributed by atoms with E-state index in [1.165, 1.54) is 31.2 Å². The second kappa shape index (κ2) is 4.54. The Balaban J connectivity index is 2.40. The molecule has 0 radical (unpaired) electrons. The lowest BCUT2D eigenvalue weighted by Crippen LogP contribution is -2.13. The lowest BCUT2D eigenvalue weighted by molar-refractivity contribution is 0.599. The van der Waals surface area contributed by atoms with Crippen LogP contribution in [0.15, 0.2) is 28.5 Å². The molecule has 0 bridgehead atoms. The molecule has 2 aromatic rings. The molecule has 0 unspecified atom stereocenters. The average Bonchev–Trinajstić information content (AvgIpc) is 2.62. The molecule has 1 heterocycles. The summed E-state index contributed by atoms with van der Waals surface area (Å²) in [6, 6.07) is 5.52. The molecule has 0 fully saturated rings. The molecule has 5 nitrogen and oxygen atoms in total. The average molecular weight is 287 g/mol. The molecule has 1 aromatic carbocycles. The van der Waals surface area contributed by atoms with Crippen LogP contribution in [-0.2, 0) is 10.0 Å². The molecule has 3 N–H and O–H groups in total. The number of thiazole rings is 1. The molecule has 0 saturated carbocycles. The Morgan fingerprint density at radius 1 is 1.39 bits per heavy atom. The lowest BCUT2D eigenvalue weighted by atomic mass is 10.3. The van der Waals surface area contributed by atoms with Crippen molar-refractivity contribution in [2.24, 2.45) is 0 Å². The van der Waals surface area contributed by atoms with E-state index in [0.29, 0.717) is 5.69 Å². The van der Waals surface area contributed by atoms with Crippen molar-refractivity contribution in [3.05, 3.63) is 35.8 Å². The maximum absolute atomic E-state index is 13.4. The van der Waals surface area contributed by atoms with Gasteiger partial charge < -0.3 is 5.73 Å². The van der Waals surface area contributed by atoms with Crippen molar-refractivity contribution in [3.8, 4) is 0 Å². The van der Waals surface area contributed by atoms with Gasteiger partial charge in [0.2, 0.25) is 0 Å². The van der Waals surface area contributed by atoms with E-state index in [-0.39, 0.29) is 15.0 Å². The Morgan fingerprint density at radius 2 is 2.06 bits per heavy atom. The number of hydrogen-bond donors (Lipinski definition) is 2. The number of aryl methyl sites for hydroxylation is 1. The van der Waals surface area contributed by atoms with Gasteiger partial charge in [-0.2, -0.15) is 0 Å². The zero-order valence-electron chi connectivity index (χ0n) is 9.34. The Bertz CT molecular complexity index is 682. The number of para-hydroxylation sites is 1. The summed E-state index contributed by atoms with van der Waals surface area (Å²) in [5.74, 6) is -0.642. The van der Waals surface area contributed by atoms with E-state index >= 15 is 0 Å². The molecule has 2 rings (SSSR count). The standard InChI is InChI=1S/C10H10FN3O2S2/c1-6-9(17-10(12)13-6)18(15,16)14-8-5-3-2-4-7(8)11/h2-5,14H,1H3,(H2,12,13). The molecule has 0 saturated heterocycles. The van der Waals surface area contributed by atoms with Gasteiger partial charge in [-0.1, -0.05) is 23.5 Å². The van der Waals surface area contributed by atoms with Gasteiger partial charge in [0.25, 0.3) is 10.0 Å². The van der Waals surface area contributed by atoms with Crippen molar-refractivity contribution in [2.75, 3.05) is 10.5 Å². The molecule has 0 atom stereocenters. The number of nitrogens with zero attached hydrogens (tertiary/aromatic N) is 1. The number of hydrogen-bond acceptors (Lipinski definition) is 5. The molecule has 8 heteroatoms. The minimum Gasteiger partial charge on any atom is -0.375 e. The van der Waals surface area contributed by atoms with Crippen LogP contribution < -0.4 is 10.5 Å². The topological polar surface area (TPSA) is 85.1 Å². The molecule has 0 aliphatic carbocycles. The zero-order chi connectivity index (χ0) is 13.3. The minimum atomic E-state index is -3.86. The number of anilines is 2. The Morgan fingerprint density at radius 3 is 2.61 bits per heavy atom. The van der Waals surface area contributed by atoms with Crippen LogP contribution in [-0.4, -0.2) is 13.4 Å². The van der Waals surface area contributed by atoms with E-state index in [4.69, 9.17) is 5.73 Å². The summed E-state index contributed by atoms with van der Waals surface area (Å²) in [4.78, 5) is 3.82. The van der Waals surface area contributed by atoms with Crippen LogP contribution in [0.4, 0.5) is 15.2 Å². The van der Waals surface area contributed by atoms with Crippen molar-refractivity contribution in [3.63, 3.8) is 0 Å². The first-order chi connectivity index (χ1) is 8.40. The highest BCUT2D eigenvalue weighted by Crippen LogP contribution is 2.27. The third-order valence-electron chi connectivity index (χ3n) is 2.13. The molecule has 0 amide bonds. The number of benzene rings is 1. The van der Waals surface area contributed by atoms with Gasteiger partial charge in [0, 0.05) is 0 Å². The predicted octanol–water partition coefficient (Wildman–Crippen LogP) is 1.97. The maximum atomic E-state index is 13.4. The summed E-state index contributed by atoms with van der Waals surface area (Å²) in [6.45, 7) is 1.53. The summed E-state index contributed by atoms with van der Waals surface area (Å²) in [6.07, 6.45) is 0. The lowest BCUT2D eigenvalue weighted by Gasteiger charge is -2.07. The van der Waals surface area contributed by atoms with Gasteiger partial charge in [-0.05, 0) is 19.1 Å².